The first-order valence-electron chi connectivity index (χ1n) is 6.99. The van der Waals surface area contributed by atoms with Gasteiger partial charge in [-0.15, -0.1) is 0 Å². The second-order valence-electron chi connectivity index (χ2n) is 4.49. The maximum Gasteiger partial charge on any atom is 0.320 e. The van der Waals surface area contributed by atoms with Gasteiger partial charge in [-0.3, -0.25) is 9.69 Å². The molecule has 1 aromatic carbocycles. The first-order chi connectivity index (χ1) is 10.2. The van der Waals surface area contributed by atoms with E-state index in [2.05, 4.69) is 10.1 Å². The molecular formula is C15H19N3O3. The maximum absolute atomic E-state index is 11.5. The zero-order valence-corrected chi connectivity index (χ0v) is 12.3. The predicted octanol–water partition coefficient (Wildman–Crippen LogP) is 2.12. The summed E-state index contributed by atoms with van der Waals surface area (Å²) in [6.07, 6.45) is 0. The first-order valence-corrected chi connectivity index (χ1v) is 6.99. The van der Waals surface area contributed by atoms with Gasteiger partial charge in [-0.2, -0.15) is 4.98 Å². The molecule has 0 saturated heterocycles. The van der Waals surface area contributed by atoms with E-state index < -0.39 is 0 Å². The Bertz CT molecular complexity index is 569. The van der Waals surface area contributed by atoms with E-state index in [1.165, 1.54) is 0 Å². The fraction of sp³-hybridized carbons (Fsp3) is 0.400. The zero-order valence-electron chi connectivity index (χ0n) is 12.3. The lowest BCUT2D eigenvalue weighted by molar-refractivity contribution is -0.144. The standard InChI is InChI=1S/C15H19N3O3/c1-3-18(11-14(19)20-4-2)10-13-16-15(17-21-13)12-8-6-5-7-9-12/h5-9H,3-4,10-11H2,1-2H3. The molecule has 0 aliphatic carbocycles. The molecule has 6 nitrogen and oxygen atoms in total. The summed E-state index contributed by atoms with van der Waals surface area (Å²) in [6.45, 7) is 5.48. The van der Waals surface area contributed by atoms with Crippen LogP contribution in [0.5, 0.6) is 0 Å². The molecule has 2 rings (SSSR count). The van der Waals surface area contributed by atoms with E-state index in [-0.39, 0.29) is 12.5 Å². The number of rotatable bonds is 7. The molecule has 1 heterocycles. The average Bonchev–Trinajstić information content (AvgIpc) is 2.96. The van der Waals surface area contributed by atoms with Crippen molar-refractivity contribution in [2.75, 3.05) is 19.7 Å². The van der Waals surface area contributed by atoms with Gasteiger partial charge < -0.3 is 9.26 Å². The molecule has 0 N–H and O–H groups in total. The van der Waals surface area contributed by atoms with Gasteiger partial charge in [-0.05, 0) is 13.5 Å². The molecule has 0 amide bonds. The maximum atomic E-state index is 11.5. The summed E-state index contributed by atoms with van der Waals surface area (Å²) in [5.74, 6) is 0.792. The monoisotopic (exact) mass is 289 g/mol. The van der Waals surface area contributed by atoms with E-state index in [9.17, 15) is 4.79 Å². The molecular weight excluding hydrogens is 270 g/mol. The summed E-state index contributed by atoms with van der Waals surface area (Å²) >= 11 is 0. The minimum absolute atomic E-state index is 0.216. The summed E-state index contributed by atoms with van der Waals surface area (Å²) in [5, 5.41) is 3.96. The molecule has 0 fully saturated rings. The van der Waals surface area contributed by atoms with E-state index in [1.54, 1.807) is 6.92 Å². The van der Waals surface area contributed by atoms with Crippen LogP contribution < -0.4 is 0 Å². The molecule has 6 heteroatoms. The highest BCUT2D eigenvalue weighted by Gasteiger charge is 2.15. The van der Waals surface area contributed by atoms with Gasteiger partial charge >= 0.3 is 5.97 Å². The molecule has 0 radical (unpaired) electrons. The van der Waals surface area contributed by atoms with Crippen LogP contribution in [0.15, 0.2) is 34.9 Å². The third-order valence-electron chi connectivity index (χ3n) is 2.96. The van der Waals surface area contributed by atoms with Gasteiger partial charge in [0.15, 0.2) is 0 Å². The number of benzene rings is 1. The Morgan fingerprint density at radius 2 is 2.05 bits per heavy atom. The molecule has 0 saturated carbocycles. The van der Waals surface area contributed by atoms with E-state index >= 15 is 0 Å². The van der Waals surface area contributed by atoms with Crippen LogP contribution in [0.25, 0.3) is 11.4 Å². The molecule has 112 valence electrons. The number of carbonyl (C=O) groups excluding carboxylic acids is 1. The second-order valence-corrected chi connectivity index (χ2v) is 4.49. The van der Waals surface area contributed by atoms with Gasteiger partial charge in [0.05, 0.1) is 19.7 Å². The Kier molecular flexibility index (Phi) is 5.45. The van der Waals surface area contributed by atoms with Crippen molar-refractivity contribution in [3.63, 3.8) is 0 Å². The minimum Gasteiger partial charge on any atom is -0.465 e. The van der Waals surface area contributed by atoms with Gasteiger partial charge in [-0.1, -0.05) is 42.4 Å². The fourth-order valence-corrected chi connectivity index (χ4v) is 1.88. The van der Waals surface area contributed by atoms with E-state index in [4.69, 9.17) is 9.26 Å². The number of nitrogens with zero attached hydrogens (tertiary/aromatic N) is 3. The quantitative estimate of drug-likeness (QED) is 0.727. The van der Waals surface area contributed by atoms with E-state index in [0.717, 1.165) is 5.56 Å². The van der Waals surface area contributed by atoms with Crippen LogP contribution in [0, 0.1) is 0 Å². The van der Waals surface area contributed by atoms with Gasteiger partial charge in [0.2, 0.25) is 11.7 Å². The first kappa shape index (κ1) is 15.2. The lowest BCUT2D eigenvalue weighted by Gasteiger charge is -2.16. The number of ether oxygens (including phenoxy) is 1. The zero-order chi connectivity index (χ0) is 15.1. The SMILES string of the molecule is CCOC(=O)CN(CC)Cc1nc(-c2ccccc2)no1. The smallest absolute Gasteiger partial charge is 0.320 e. The topological polar surface area (TPSA) is 68.5 Å². The number of hydrogen-bond donors (Lipinski definition) is 0. The van der Waals surface area contributed by atoms with Crippen molar-refractivity contribution in [2.45, 2.75) is 20.4 Å². The molecule has 21 heavy (non-hydrogen) atoms. The van der Waals surface area contributed by atoms with Crippen molar-refractivity contribution in [1.82, 2.24) is 15.0 Å². The van der Waals surface area contributed by atoms with E-state index in [1.807, 2.05) is 42.2 Å². The van der Waals surface area contributed by atoms with Crippen LogP contribution in [-0.4, -0.2) is 40.7 Å². The summed E-state index contributed by atoms with van der Waals surface area (Å²) in [5.41, 5.74) is 0.904. The number of carbonyl (C=O) groups is 1. The van der Waals surface area contributed by atoms with Crippen molar-refractivity contribution >= 4 is 5.97 Å². The highest BCUT2D eigenvalue weighted by Crippen LogP contribution is 2.15. The molecule has 0 spiro atoms. The lowest BCUT2D eigenvalue weighted by atomic mass is 10.2. The second kappa shape index (κ2) is 7.54. The Hall–Kier alpha value is -2.21. The molecule has 0 aliphatic rings. The van der Waals surface area contributed by atoms with Crippen molar-refractivity contribution < 1.29 is 14.1 Å². The Balaban J connectivity index is 1.99. The molecule has 2 aromatic rings. The Morgan fingerprint density at radius 3 is 2.71 bits per heavy atom. The van der Waals surface area contributed by atoms with Gasteiger partial charge in [0, 0.05) is 5.56 Å². The lowest BCUT2D eigenvalue weighted by Crippen LogP contribution is -2.30. The molecule has 0 aliphatic heterocycles. The summed E-state index contributed by atoms with van der Waals surface area (Å²) in [4.78, 5) is 17.7. The van der Waals surface area contributed by atoms with Crippen molar-refractivity contribution in [3.05, 3.63) is 36.2 Å². The van der Waals surface area contributed by atoms with Gasteiger partial charge in [0.25, 0.3) is 0 Å². The highest BCUT2D eigenvalue weighted by molar-refractivity contribution is 5.71. The Morgan fingerprint density at radius 1 is 1.29 bits per heavy atom. The van der Waals surface area contributed by atoms with Crippen LogP contribution in [0.3, 0.4) is 0 Å². The third-order valence-corrected chi connectivity index (χ3v) is 2.96. The summed E-state index contributed by atoms with van der Waals surface area (Å²) in [7, 11) is 0. The van der Waals surface area contributed by atoms with Crippen molar-refractivity contribution in [2.24, 2.45) is 0 Å². The molecule has 0 atom stereocenters. The van der Waals surface area contributed by atoms with Crippen LogP contribution >= 0.6 is 0 Å². The fourth-order valence-electron chi connectivity index (χ4n) is 1.88. The summed E-state index contributed by atoms with van der Waals surface area (Å²) < 4.78 is 10.2. The van der Waals surface area contributed by atoms with Crippen molar-refractivity contribution in [3.8, 4) is 11.4 Å². The van der Waals surface area contributed by atoms with Crippen LogP contribution in [0.4, 0.5) is 0 Å². The number of esters is 1. The summed E-state index contributed by atoms with van der Waals surface area (Å²) in [6, 6.07) is 9.62. The van der Waals surface area contributed by atoms with Gasteiger partial charge in [-0.25, -0.2) is 0 Å². The predicted molar refractivity (Wildman–Crippen MR) is 77.3 cm³/mol. The third kappa shape index (κ3) is 4.39. The van der Waals surface area contributed by atoms with Crippen LogP contribution in [-0.2, 0) is 16.1 Å². The number of aromatic nitrogens is 2. The molecule has 0 unspecified atom stereocenters. The largest absolute Gasteiger partial charge is 0.465 e. The van der Waals surface area contributed by atoms with E-state index in [0.29, 0.717) is 31.4 Å². The highest BCUT2D eigenvalue weighted by atomic mass is 16.5. The van der Waals surface area contributed by atoms with Crippen molar-refractivity contribution in [1.29, 1.82) is 0 Å². The number of likely N-dealkylation sites (N-methyl/N-ethyl adjacent to an activating group) is 1. The molecule has 1 aromatic heterocycles. The average molecular weight is 289 g/mol. The minimum atomic E-state index is -0.248. The van der Waals surface area contributed by atoms with Crippen LogP contribution in [0.2, 0.25) is 0 Å². The van der Waals surface area contributed by atoms with Gasteiger partial charge in [0.1, 0.15) is 0 Å². The normalized spacial score (nSPS) is 10.8. The van der Waals surface area contributed by atoms with Crippen LogP contribution in [0.1, 0.15) is 19.7 Å². The molecule has 0 bridgehead atoms. The Labute approximate surface area is 123 Å². The number of hydrogen-bond acceptors (Lipinski definition) is 6.